The number of nitrogens with zero attached hydrogens (tertiary/aromatic N) is 1. The van der Waals surface area contributed by atoms with Gasteiger partial charge in [-0.25, -0.2) is 0 Å². The number of benzene rings is 1. The number of amides is 1. The second-order valence-electron chi connectivity index (χ2n) is 5.10. The van der Waals surface area contributed by atoms with Crippen LogP contribution in [0.1, 0.15) is 16.8 Å². The normalized spacial score (nSPS) is 17.7. The SMILES string of the molecule is O=C(N[C@H]1CCNC1)c1ccc(-c2ccc(Cl)cn2)cc1. The summed E-state index contributed by atoms with van der Waals surface area (Å²) in [5.41, 5.74) is 2.47. The van der Waals surface area contributed by atoms with Crippen molar-refractivity contribution < 1.29 is 4.79 Å². The van der Waals surface area contributed by atoms with Crippen LogP contribution >= 0.6 is 11.6 Å². The topological polar surface area (TPSA) is 54.0 Å². The van der Waals surface area contributed by atoms with Crippen molar-refractivity contribution in [2.45, 2.75) is 12.5 Å². The number of pyridine rings is 1. The van der Waals surface area contributed by atoms with Crippen LogP contribution in [0.15, 0.2) is 42.6 Å². The maximum Gasteiger partial charge on any atom is 0.251 e. The Morgan fingerprint density at radius 1 is 1.24 bits per heavy atom. The van der Waals surface area contributed by atoms with Crippen molar-refractivity contribution in [2.75, 3.05) is 13.1 Å². The number of nitrogens with one attached hydrogen (secondary N) is 2. The highest BCUT2D eigenvalue weighted by Crippen LogP contribution is 2.19. The predicted molar refractivity (Wildman–Crippen MR) is 83.4 cm³/mol. The highest BCUT2D eigenvalue weighted by atomic mass is 35.5. The molecule has 0 spiro atoms. The van der Waals surface area contributed by atoms with E-state index in [-0.39, 0.29) is 11.9 Å². The molecular formula is C16H16ClN3O. The van der Waals surface area contributed by atoms with Crippen LogP contribution in [0.25, 0.3) is 11.3 Å². The molecule has 0 radical (unpaired) electrons. The molecule has 1 aliphatic rings. The van der Waals surface area contributed by atoms with E-state index >= 15 is 0 Å². The predicted octanol–water partition coefficient (Wildman–Crippen LogP) is 2.49. The summed E-state index contributed by atoms with van der Waals surface area (Å²) in [6, 6.07) is 11.3. The molecule has 0 unspecified atom stereocenters. The Kier molecular flexibility index (Phi) is 4.18. The molecule has 1 atom stereocenters. The summed E-state index contributed by atoms with van der Waals surface area (Å²) in [5.74, 6) is -0.0284. The smallest absolute Gasteiger partial charge is 0.251 e. The van der Waals surface area contributed by atoms with Gasteiger partial charge >= 0.3 is 0 Å². The molecule has 1 saturated heterocycles. The van der Waals surface area contributed by atoms with Crippen LogP contribution < -0.4 is 10.6 Å². The minimum atomic E-state index is -0.0284. The van der Waals surface area contributed by atoms with Gasteiger partial charge in [0.1, 0.15) is 0 Å². The van der Waals surface area contributed by atoms with Crippen molar-refractivity contribution in [3.8, 4) is 11.3 Å². The quantitative estimate of drug-likeness (QED) is 0.916. The fraction of sp³-hybridized carbons (Fsp3) is 0.250. The van der Waals surface area contributed by atoms with Crippen molar-refractivity contribution in [2.24, 2.45) is 0 Å². The summed E-state index contributed by atoms with van der Waals surface area (Å²) in [6.07, 6.45) is 2.60. The molecular weight excluding hydrogens is 286 g/mol. The van der Waals surface area contributed by atoms with E-state index in [1.807, 2.05) is 30.3 Å². The number of hydrogen-bond donors (Lipinski definition) is 2. The van der Waals surface area contributed by atoms with Crippen LogP contribution in [-0.2, 0) is 0 Å². The van der Waals surface area contributed by atoms with E-state index < -0.39 is 0 Å². The Balaban J connectivity index is 1.71. The largest absolute Gasteiger partial charge is 0.348 e. The Labute approximate surface area is 128 Å². The minimum absolute atomic E-state index is 0.0284. The van der Waals surface area contributed by atoms with Gasteiger partial charge in [0.2, 0.25) is 0 Å². The summed E-state index contributed by atoms with van der Waals surface area (Å²) < 4.78 is 0. The standard InChI is InChI=1S/C16H16ClN3O/c17-13-5-6-15(19-9-13)11-1-3-12(4-2-11)16(21)20-14-7-8-18-10-14/h1-6,9,14,18H,7-8,10H2,(H,20,21)/t14-/m0/s1. The van der Waals surface area contributed by atoms with E-state index in [9.17, 15) is 4.79 Å². The summed E-state index contributed by atoms with van der Waals surface area (Å²) in [7, 11) is 0. The molecule has 0 aliphatic carbocycles. The zero-order valence-corrected chi connectivity index (χ0v) is 12.2. The first-order valence-corrected chi connectivity index (χ1v) is 7.34. The molecule has 0 bridgehead atoms. The van der Waals surface area contributed by atoms with Crippen molar-refractivity contribution in [1.29, 1.82) is 0 Å². The molecule has 4 nitrogen and oxygen atoms in total. The van der Waals surface area contributed by atoms with Gasteiger partial charge in [-0.2, -0.15) is 0 Å². The van der Waals surface area contributed by atoms with Crippen LogP contribution in [-0.4, -0.2) is 30.0 Å². The molecule has 1 fully saturated rings. The van der Waals surface area contributed by atoms with Gasteiger partial charge in [0.15, 0.2) is 0 Å². The van der Waals surface area contributed by atoms with Gasteiger partial charge in [-0.3, -0.25) is 9.78 Å². The van der Waals surface area contributed by atoms with Crippen molar-refractivity contribution in [3.63, 3.8) is 0 Å². The van der Waals surface area contributed by atoms with Gasteiger partial charge < -0.3 is 10.6 Å². The van der Waals surface area contributed by atoms with Crippen LogP contribution in [0, 0.1) is 0 Å². The third-order valence-electron chi connectivity index (χ3n) is 3.57. The van der Waals surface area contributed by atoms with E-state index in [0.717, 1.165) is 30.8 Å². The molecule has 5 heteroatoms. The lowest BCUT2D eigenvalue weighted by Gasteiger charge is -2.11. The number of aromatic nitrogens is 1. The van der Waals surface area contributed by atoms with Crippen LogP contribution in [0.4, 0.5) is 0 Å². The molecule has 108 valence electrons. The molecule has 2 heterocycles. The maximum absolute atomic E-state index is 12.1. The van der Waals surface area contributed by atoms with Gasteiger partial charge in [0.05, 0.1) is 10.7 Å². The summed E-state index contributed by atoms with van der Waals surface area (Å²) in [6.45, 7) is 1.81. The highest BCUT2D eigenvalue weighted by molar-refractivity contribution is 6.30. The van der Waals surface area contributed by atoms with Crippen molar-refractivity contribution >= 4 is 17.5 Å². The van der Waals surface area contributed by atoms with E-state index in [1.165, 1.54) is 0 Å². The third-order valence-corrected chi connectivity index (χ3v) is 3.79. The Hall–Kier alpha value is -1.91. The second-order valence-corrected chi connectivity index (χ2v) is 5.54. The number of halogens is 1. The molecule has 1 aromatic carbocycles. The number of carbonyl (C=O) groups is 1. The first kappa shape index (κ1) is 14.0. The van der Waals surface area contributed by atoms with Gasteiger partial charge in [0.25, 0.3) is 5.91 Å². The monoisotopic (exact) mass is 301 g/mol. The molecule has 0 saturated carbocycles. The van der Waals surface area contributed by atoms with Crippen LogP contribution in [0.2, 0.25) is 5.02 Å². The molecule has 2 N–H and O–H groups in total. The van der Waals surface area contributed by atoms with Crippen LogP contribution in [0.3, 0.4) is 0 Å². The maximum atomic E-state index is 12.1. The van der Waals surface area contributed by atoms with E-state index in [0.29, 0.717) is 10.6 Å². The minimum Gasteiger partial charge on any atom is -0.348 e. The fourth-order valence-electron chi connectivity index (χ4n) is 2.39. The zero-order valence-electron chi connectivity index (χ0n) is 11.5. The van der Waals surface area contributed by atoms with Gasteiger partial charge in [-0.05, 0) is 37.2 Å². The Morgan fingerprint density at radius 3 is 2.67 bits per heavy atom. The first-order chi connectivity index (χ1) is 10.2. The van der Waals surface area contributed by atoms with Gasteiger partial charge in [-0.1, -0.05) is 23.7 Å². The Morgan fingerprint density at radius 2 is 2.05 bits per heavy atom. The molecule has 2 aromatic rings. The fourth-order valence-corrected chi connectivity index (χ4v) is 2.50. The number of rotatable bonds is 3. The molecule has 1 aliphatic heterocycles. The highest BCUT2D eigenvalue weighted by Gasteiger charge is 2.17. The number of carbonyl (C=O) groups excluding carboxylic acids is 1. The summed E-state index contributed by atoms with van der Waals surface area (Å²) >= 11 is 5.83. The van der Waals surface area contributed by atoms with Crippen molar-refractivity contribution in [3.05, 3.63) is 53.2 Å². The number of hydrogen-bond acceptors (Lipinski definition) is 3. The lowest BCUT2D eigenvalue weighted by molar-refractivity contribution is 0.0940. The van der Waals surface area contributed by atoms with E-state index in [2.05, 4.69) is 15.6 Å². The third kappa shape index (κ3) is 3.40. The van der Waals surface area contributed by atoms with Gasteiger partial charge in [0, 0.05) is 29.9 Å². The van der Waals surface area contributed by atoms with Crippen LogP contribution in [0.5, 0.6) is 0 Å². The summed E-state index contributed by atoms with van der Waals surface area (Å²) in [5, 5.41) is 6.87. The van der Waals surface area contributed by atoms with E-state index in [1.54, 1.807) is 12.3 Å². The average molecular weight is 302 g/mol. The molecule has 1 amide bonds. The molecule has 1 aromatic heterocycles. The zero-order chi connectivity index (χ0) is 14.7. The Bertz CT molecular complexity index is 619. The second kappa shape index (κ2) is 6.24. The average Bonchev–Trinajstić information content (AvgIpc) is 3.01. The molecule has 3 rings (SSSR count). The first-order valence-electron chi connectivity index (χ1n) is 6.96. The lowest BCUT2D eigenvalue weighted by atomic mass is 10.1. The van der Waals surface area contributed by atoms with Gasteiger partial charge in [-0.15, -0.1) is 0 Å². The van der Waals surface area contributed by atoms with Crippen molar-refractivity contribution in [1.82, 2.24) is 15.6 Å². The molecule has 21 heavy (non-hydrogen) atoms. The summed E-state index contributed by atoms with van der Waals surface area (Å²) in [4.78, 5) is 16.4. The lowest BCUT2D eigenvalue weighted by Crippen LogP contribution is -2.36. The van der Waals surface area contributed by atoms with E-state index in [4.69, 9.17) is 11.6 Å².